The highest BCUT2D eigenvalue weighted by Gasteiger charge is 2.38. The topological polar surface area (TPSA) is 27.1 Å². The Balaban J connectivity index is 3.19. The van der Waals surface area contributed by atoms with E-state index in [2.05, 4.69) is 16.0 Å². The molecule has 1 rings (SSSR count). The molecule has 1 aromatic rings. The maximum atomic E-state index is 12.2. The van der Waals surface area contributed by atoms with Crippen LogP contribution >= 0.6 is 0 Å². The molecule has 0 unspecified atom stereocenters. The number of rotatable bonds is 1. The summed E-state index contributed by atoms with van der Waals surface area (Å²) in [7, 11) is 2.32. The van der Waals surface area contributed by atoms with Gasteiger partial charge in [0.25, 0.3) is 0 Å². The van der Waals surface area contributed by atoms with Gasteiger partial charge in [0.2, 0.25) is 0 Å². The predicted octanol–water partition coefficient (Wildman–Crippen LogP) is 1.25. The Morgan fingerprint density at radius 3 is 2.42 bits per heavy atom. The second kappa shape index (κ2) is 2.69. The molecular formula is C6H6F3N2O. The van der Waals surface area contributed by atoms with Crippen molar-refractivity contribution >= 4 is 0 Å². The molecule has 0 saturated carbocycles. The third-order valence-electron chi connectivity index (χ3n) is 1.31. The molecule has 0 aliphatic heterocycles. The van der Waals surface area contributed by atoms with Crippen LogP contribution in [-0.4, -0.2) is 16.9 Å². The van der Waals surface area contributed by atoms with E-state index >= 15 is 0 Å². The number of alkyl halides is 3. The second-order valence-corrected chi connectivity index (χ2v) is 2.12. The Morgan fingerprint density at radius 2 is 2.08 bits per heavy atom. The average molecular weight is 179 g/mol. The van der Waals surface area contributed by atoms with Gasteiger partial charge in [-0.3, -0.25) is 4.68 Å². The van der Waals surface area contributed by atoms with Crippen LogP contribution in [0.1, 0.15) is 5.69 Å². The Kier molecular flexibility index (Phi) is 1.99. The first-order chi connectivity index (χ1) is 5.46. The van der Waals surface area contributed by atoms with Crippen LogP contribution in [0.25, 0.3) is 0 Å². The standard InChI is InChI=1S/C6H6F3N2O/c1-11-5(6(7,8)9)4(12-2)3-10-11/h1-2H3. The number of hydrogen-bond acceptors (Lipinski definition) is 2. The van der Waals surface area contributed by atoms with Crippen molar-refractivity contribution < 1.29 is 17.9 Å². The first-order valence-electron chi connectivity index (χ1n) is 3.02. The van der Waals surface area contributed by atoms with E-state index in [1.165, 1.54) is 7.05 Å². The molecular weight excluding hydrogens is 173 g/mol. The van der Waals surface area contributed by atoms with Gasteiger partial charge in [-0.25, -0.2) is 0 Å². The molecule has 0 atom stereocenters. The highest BCUT2D eigenvalue weighted by molar-refractivity contribution is 5.26. The van der Waals surface area contributed by atoms with Gasteiger partial charge < -0.3 is 4.74 Å². The monoisotopic (exact) mass is 179 g/mol. The second-order valence-electron chi connectivity index (χ2n) is 2.12. The van der Waals surface area contributed by atoms with E-state index in [9.17, 15) is 13.2 Å². The van der Waals surface area contributed by atoms with Crippen molar-refractivity contribution in [2.24, 2.45) is 7.05 Å². The number of nitrogens with zero attached hydrogens (tertiary/aromatic N) is 2. The molecule has 3 nitrogen and oxygen atoms in total. The summed E-state index contributed by atoms with van der Waals surface area (Å²) in [4.78, 5) is 0. The zero-order chi connectivity index (χ0) is 9.35. The minimum absolute atomic E-state index is 0.384. The molecule has 1 radical (unpaired) electrons. The molecule has 6 heteroatoms. The van der Waals surface area contributed by atoms with E-state index in [-0.39, 0.29) is 5.75 Å². The van der Waals surface area contributed by atoms with Crippen LogP contribution in [0.3, 0.4) is 0 Å². The first kappa shape index (κ1) is 8.89. The van der Waals surface area contributed by atoms with Crippen molar-refractivity contribution in [2.45, 2.75) is 6.18 Å². The smallest absolute Gasteiger partial charge is 0.436 e. The Labute approximate surface area is 66.7 Å². The van der Waals surface area contributed by atoms with Crippen molar-refractivity contribution in [2.75, 3.05) is 7.11 Å². The van der Waals surface area contributed by atoms with Crippen LogP contribution in [0.15, 0.2) is 0 Å². The van der Waals surface area contributed by atoms with Crippen molar-refractivity contribution in [1.82, 2.24) is 9.78 Å². The molecule has 0 N–H and O–H groups in total. The van der Waals surface area contributed by atoms with Crippen LogP contribution in [0.5, 0.6) is 5.75 Å². The number of halogens is 3. The maximum absolute atomic E-state index is 12.2. The van der Waals surface area contributed by atoms with E-state index in [4.69, 9.17) is 0 Å². The van der Waals surface area contributed by atoms with Crippen molar-refractivity contribution in [3.05, 3.63) is 11.9 Å². The molecule has 0 fully saturated rings. The van der Waals surface area contributed by atoms with Gasteiger partial charge in [0.15, 0.2) is 17.6 Å². The fourth-order valence-corrected chi connectivity index (χ4v) is 0.825. The van der Waals surface area contributed by atoms with Gasteiger partial charge in [0.1, 0.15) is 0 Å². The van der Waals surface area contributed by atoms with Crippen LogP contribution in [0, 0.1) is 6.20 Å². The van der Waals surface area contributed by atoms with E-state index in [1.54, 1.807) is 0 Å². The fourth-order valence-electron chi connectivity index (χ4n) is 0.825. The van der Waals surface area contributed by atoms with Crippen LogP contribution < -0.4 is 4.74 Å². The lowest BCUT2D eigenvalue weighted by atomic mass is 10.4. The molecule has 0 aliphatic rings. The molecule has 1 heterocycles. The number of aryl methyl sites for hydroxylation is 1. The van der Waals surface area contributed by atoms with Crippen molar-refractivity contribution in [3.8, 4) is 5.75 Å². The zero-order valence-electron chi connectivity index (χ0n) is 6.44. The van der Waals surface area contributed by atoms with E-state index in [0.29, 0.717) is 4.68 Å². The lowest BCUT2D eigenvalue weighted by Gasteiger charge is -2.07. The zero-order valence-corrected chi connectivity index (χ0v) is 6.44. The van der Waals surface area contributed by atoms with E-state index in [1.807, 2.05) is 0 Å². The van der Waals surface area contributed by atoms with Crippen molar-refractivity contribution in [3.63, 3.8) is 0 Å². The number of aromatic nitrogens is 2. The highest BCUT2D eigenvalue weighted by atomic mass is 19.4. The van der Waals surface area contributed by atoms with Crippen LogP contribution in [0.4, 0.5) is 13.2 Å². The van der Waals surface area contributed by atoms with E-state index in [0.717, 1.165) is 7.11 Å². The average Bonchev–Trinajstić information content (AvgIpc) is 2.29. The molecule has 0 spiro atoms. The molecule has 0 bridgehead atoms. The van der Waals surface area contributed by atoms with E-state index < -0.39 is 11.9 Å². The summed E-state index contributed by atoms with van der Waals surface area (Å²) in [6.07, 6.45) is -2.35. The molecule has 12 heavy (non-hydrogen) atoms. The summed E-state index contributed by atoms with van der Waals surface area (Å²) in [5.74, 6) is -0.384. The Morgan fingerprint density at radius 1 is 1.50 bits per heavy atom. The Bertz CT molecular complexity index is 279. The van der Waals surface area contributed by atoms with Gasteiger partial charge in [-0.05, 0) is 0 Å². The third-order valence-corrected chi connectivity index (χ3v) is 1.31. The summed E-state index contributed by atoms with van der Waals surface area (Å²) in [6, 6.07) is 0. The van der Waals surface area contributed by atoms with Gasteiger partial charge in [-0.1, -0.05) is 0 Å². The third kappa shape index (κ3) is 1.37. The molecule has 0 aromatic carbocycles. The van der Waals surface area contributed by atoms with Crippen molar-refractivity contribution in [1.29, 1.82) is 0 Å². The molecule has 0 saturated heterocycles. The predicted molar refractivity (Wildman–Crippen MR) is 33.6 cm³/mol. The summed E-state index contributed by atoms with van der Waals surface area (Å²) < 4.78 is 41.6. The van der Waals surface area contributed by atoms with Crippen LogP contribution in [0.2, 0.25) is 0 Å². The first-order valence-corrected chi connectivity index (χ1v) is 3.02. The van der Waals surface area contributed by atoms with Gasteiger partial charge in [0.05, 0.1) is 7.11 Å². The molecule has 0 amide bonds. The maximum Gasteiger partial charge on any atom is 0.436 e. The summed E-state index contributed by atoms with van der Waals surface area (Å²) in [6.45, 7) is 0. The summed E-state index contributed by atoms with van der Waals surface area (Å²) in [5, 5.41) is 3.30. The fraction of sp³-hybridized carbons (Fsp3) is 0.500. The minimum atomic E-state index is -4.45. The number of methoxy groups -OCH3 is 1. The van der Waals surface area contributed by atoms with Gasteiger partial charge >= 0.3 is 6.18 Å². The summed E-state index contributed by atoms with van der Waals surface area (Å²) >= 11 is 0. The summed E-state index contributed by atoms with van der Waals surface area (Å²) in [5.41, 5.74) is -0.926. The molecule has 67 valence electrons. The van der Waals surface area contributed by atoms with Gasteiger partial charge in [-0.15, -0.1) is 0 Å². The highest BCUT2D eigenvalue weighted by Crippen LogP contribution is 2.34. The Hall–Kier alpha value is -1.20. The largest absolute Gasteiger partial charge is 0.492 e. The number of ether oxygens (including phenoxy) is 1. The lowest BCUT2D eigenvalue weighted by Crippen LogP contribution is -2.12. The SMILES string of the molecule is COc1[c]nn(C)c1C(F)(F)F. The normalized spacial score (nSPS) is 11.8. The van der Waals surface area contributed by atoms with Gasteiger partial charge in [0, 0.05) is 7.05 Å². The van der Waals surface area contributed by atoms with Crippen LogP contribution in [-0.2, 0) is 13.2 Å². The quantitative estimate of drug-likeness (QED) is 0.648. The lowest BCUT2D eigenvalue weighted by molar-refractivity contribution is -0.144. The number of hydrogen-bond donors (Lipinski definition) is 0. The molecule has 0 aliphatic carbocycles. The minimum Gasteiger partial charge on any atom is -0.492 e. The molecule has 1 aromatic heterocycles. The van der Waals surface area contributed by atoms with Gasteiger partial charge in [-0.2, -0.15) is 18.3 Å².